The average molecular weight is 316 g/mol. The van der Waals surface area contributed by atoms with E-state index in [4.69, 9.17) is 30.6 Å². The van der Waals surface area contributed by atoms with Gasteiger partial charge in [0.25, 0.3) is 0 Å². The van der Waals surface area contributed by atoms with Gasteiger partial charge in [-0.05, 0) is 19.1 Å². The van der Waals surface area contributed by atoms with Crippen LogP contribution in [0.2, 0.25) is 0 Å². The number of hydrogen-bond acceptors (Lipinski definition) is 6. The van der Waals surface area contributed by atoms with Crippen LogP contribution in [0.1, 0.15) is 15.9 Å². The Morgan fingerprint density at radius 3 is 1.57 bits per heavy atom. The maximum absolute atomic E-state index is 10.3. The summed E-state index contributed by atoms with van der Waals surface area (Å²) >= 11 is 0. The van der Waals surface area contributed by atoms with Crippen molar-refractivity contribution in [2.45, 2.75) is 6.92 Å². The summed E-state index contributed by atoms with van der Waals surface area (Å²) in [7, 11) is 0. The van der Waals surface area contributed by atoms with E-state index in [9.17, 15) is 4.79 Å². The van der Waals surface area contributed by atoms with Crippen molar-refractivity contribution in [3.8, 4) is 5.75 Å². The summed E-state index contributed by atoms with van der Waals surface area (Å²) in [6.07, 6.45) is 1.50. The zero-order chi connectivity index (χ0) is 18.1. The topological polar surface area (TPSA) is 139 Å². The number of phenols is 1. The zero-order valence-electron chi connectivity index (χ0n) is 12.3. The number of benzene rings is 2. The minimum absolute atomic E-state index is 0.0671. The van der Waals surface area contributed by atoms with Gasteiger partial charge in [-0.15, -0.1) is 0 Å². The van der Waals surface area contributed by atoms with E-state index in [1.54, 1.807) is 12.1 Å². The molecule has 0 aliphatic rings. The summed E-state index contributed by atoms with van der Waals surface area (Å²) in [5, 5.41) is 28.1. The van der Waals surface area contributed by atoms with Gasteiger partial charge in [-0.1, -0.05) is 48.0 Å². The highest BCUT2D eigenvalue weighted by atomic mass is 16.4. The Labute approximate surface area is 132 Å². The number of isocyanates is 2. The van der Waals surface area contributed by atoms with Gasteiger partial charge < -0.3 is 10.2 Å². The smallest absolute Gasteiger partial charge is 0.339 e. The summed E-state index contributed by atoms with van der Waals surface area (Å²) in [5.41, 5.74) is 1.25. The van der Waals surface area contributed by atoms with Crippen LogP contribution >= 0.6 is 0 Å². The van der Waals surface area contributed by atoms with E-state index in [0.29, 0.717) is 0 Å². The van der Waals surface area contributed by atoms with Crippen LogP contribution in [0, 0.1) is 17.7 Å². The Kier molecular flexibility index (Phi) is 14.1. The van der Waals surface area contributed by atoms with Crippen LogP contribution in [0.4, 0.5) is 0 Å². The van der Waals surface area contributed by atoms with Crippen LogP contribution in [0.15, 0.2) is 54.6 Å². The number of para-hydroxylation sites is 1. The van der Waals surface area contributed by atoms with Gasteiger partial charge in [0.1, 0.15) is 11.3 Å². The second-order valence-electron chi connectivity index (χ2n) is 3.68. The highest BCUT2D eigenvalue weighted by molar-refractivity contribution is 5.90. The number of carbonyl (C=O) groups excluding carboxylic acids is 2. The number of rotatable bonds is 1. The molecule has 0 aliphatic carbocycles. The van der Waals surface area contributed by atoms with E-state index in [2.05, 4.69) is 19.1 Å². The van der Waals surface area contributed by atoms with Gasteiger partial charge in [0.05, 0.1) is 0 Å². The maximum atomic E-state index is 10.3. The van der Waals surface area contributed by atoms with Crippen molar-refractivity contribution in [3.05, 3.63) is 65.7 Å². The third-order valence-corrected chi connectivity index (χ3v) is 2.07. The molecule has 0 saturated carbocycles. The fraction of sp³-hybridized carbons (Fsp3) is 0.0625. The zero-order valence-corrected chi connectivity index (χ0v) is 12.3. The molecule has 2 aromatic rings. The molecular weight excluding hydrogens is 300 g/mol. The molecule has 0 unspecified atom stereocenters. The first kappa shape index (κ1) is 21.8. The highest BCUT2D eigenvalue weighted by Gasteiger charge is 2.05. The molecule has 120 valence electrons. The first-order valence-corrected chi connectivity index (χ1v) is 6.05. The minimum atomic E-state index is -1.11. The van der Waals surface area contributed by atoms with Gasteiger partial charge >= 0.3 is 5.97 Å². The summed E-state index contributed by atoms with van der Waals surface area (Å²) in [6.45, 7) is 2.08. The monoisotopic (exact) mass is 316 g/mol. The summed E-state index contributed by atoms with van der Waals surface area (Å²) in [6, 6.07) is 16.1. The SMILES string of the molecule is Cc1ccccc1.N=C=O.N=C=O.O=C(O)c1ccccc1O. The molecule has 2 rings (SSSR count). The van der Waals surface area contributed by atoms with E-state index in [1.165, 1.54) is 17.7 Å². The lowest BCUT2D eigenvalue weighted by atomic mass is 10.2. The molecule has 0 saturated heterocycles. The number of carboxylic acid groups (broad SMARTS) is 1. The van der Waals surface area contributed by atoms with Crippen LogP contribution in [0.3, 0.4) is 0 Å². The van der Waals surface area contributed by atoms with Crippen LogP contribution in [-0.4, -0.2) is 28.3 Å². The Balaban J connectivity index is 0. The number of nitrogens with one attached hydrogen (secondary N) is 2. The second kappa shape index (κ2) is 14.9. The van der Waals surface area contributed by atoms with Crippen LogP contribution in [-0.2, 0) is 9.59 Å². The molecule has 0 aliphatic heterocycles. The fourth-order valence-corrected chi connectivity index (χ4v) is 1.19. The summed E-state index contributed by atoms with van der Waals surface area (Å²) in [4.78, 5) is 27.0. The van der Waals surface area contributed by atoms with Crippen LogP contribution in [0.5, 0.6) is 5.75 Å². The van der Waals surface area contributed by atoms with Crippen molar-refractivity contribution < 1.29 is 24.6 Å². The summed E-state index contributed by atoms with van der Waals surface area (Å²) in [5.74, 6) is -1.31. The quantitative estimate of drug-likeness (QED) is 0.473. The Morgan fingerprint density at radius 2 is 1.30 bits per heavy atom. The van der Waals surface area contributed by atoms with Crippen molar-refractivity contribution in [2.75, 3.05) is 0 Å². The molecule has 0 radical (unpaired) electrons. The van der Waals surface area contributed by atoms with Crippen molar-refractivity contribution >= 4 is 18.1 Å². The molecule has 2 aromatic carbocycles. The highest BCUT2D eigenvalue weighted by Crippen LogP contribution is 2.14. The Bertz CT molecular complexity index is 633. The predicted molar refractivity (Wildman–Crippen MR) is 83.1 cm³/mol. The van der Waals surface area contributed by atoms with Gasteiger partial charge in [0, 0.05) is 0 Å². The number of aromatic hydroxyl groups is 1. The second-order valence-corrected chi connectivity index (χ2v) is 3.68. The Morgan fingerprint density at radius 1 is 0.913 bits per heavy atom. The molecule has 0 fully saturated rings. The third kappa shape index (κ3) is 13.2. The molecule has 7 nitrogen and oxygen atoms in total. The molecule has 0 atom stereocenters. The van der Waals surface area contributed by atoms with Gasteiger partial charge in [-0.25, -0.2) is 25.2 Å². The van der Waals surface area contributed by atoms with Crippen LogP contribution < -0.4 is 0 Å². The fourth-order valence-electron chi connectivity index (χ4n) is 1.19. The van der Waals surface area contributed by atoms with E-state index >= 15 is 0 Å². The van der Waals surface area contributed by atoms with Gasteiger partial charge in [-0.3, -0.25) is 0 Å². The van der Waals surface area contributed by atoms with E-state index in [1.807, 2.05) is 18.2 Å². The van der Waals surface area contributed by atoms with E-state index in [-0.39, 0.29) is 11.3 Å². The number of aromatic carboxylic acids is 1. The molecule has 0 heterocycles. The number of aryl methyl sites for hydroxylation is 1. The third-order valence-electron chi connectivity index (χ3n) is 2.07. The number of hydrogen-bond donors (Lipinski definition) is 4. The van der Waals surface area contributed by atoms with Crippen molar-refractivity contribution in [1.29, 1.82) is 10.8 Å². The van der Waals surface area contributed by atoms with Gasteiger partial charge in [0.2, 0.25) is 12.2 Å². The van der Waals surface area contributed by atoms with Crippen molar-refractivity contribution in [1.82, 2.24) is 0 Å². The number of carbonyl (C=O) groups is 1. The lowest BCUT2D eigenvalue weighted by Crippen LogP contribution is -1.95. The maximum Gasteiger partial charge on any atom is 0.339 e. The molecule has 23 heavy (non-hydrogen) atoms. The van der Waals surface area contributed by atoms with Gasteiger partial charge in [-0.2, -0.15) is 0 Å². The average Bonchev–Trinajstić information content (AvgIpc) is 2.50. The molecule has 0 aromatic heterocycles. The lowest BCUT2D eigenvalue weighted by molar-refractivity contribution is 0.0693. The van der Waals surface area contributed by atoms with E-state index in [0.717, 1.165) is 12.2 Å². The molecule has 4 N–H and O–H groups in total. The lowest BCUT2D eigenvalue weighted by Gasteiger charge is -1.95. The summed E-state index contributed by atoms with van der Waals surface area (Å²) < 4.78 is 0. The van der Waals surface area contributed by atoms with Crippen molar-refractivity contribution in [3.63, 3.8) is 0 Å². The molecular formula is C16H16N2O5. The minimum Gasteiger partial charge on any atom is -0.507 e. The predicted octanol–water partition coefficient (Wildman–Crippen LogP) is 2.89. The molecule has 0 spiro atoms. The van der Waals surface area contributed by atoms with Gasteiger partial charge in [0.15, 0.2) is 0 Å². The largest absolute Gasteiger partial charge is 0.507 e. The molecule has 0 bridgehead atoms. The van der Waals surface area contributed by atoms with E-state index < -0.39 is 5.97 Å². The molecule has 7 heteroatoms. The first-order valence-electron chi connectivity index (χ1n) is 6.05. The van der Waals surface area contributed by atoms with Crippen LogP contribution in [0.25, 0.3) is 0 Å². The van der Waals surface area contributed by atoms with Crippen molar-refractivity contribution in [2.24, 2.45) is 0 Å². The first-order chi connectivity index (χ1) is 10.9. The Hall–Kier alpha value is -3.53. The molecule has 0 amide bonds. The standard InChI is InChI=1S/C7H6O3.C7H8.2CHNO/c8-6-4-2-1-3-5(6)7(9)10;1-7-5-3-2-4-6-7;2*2-1-3/h1-4,8H,(H,9,10);2-6H,1H3;2*2H. The normalized spacial score (nSPS) is 7.35. The number of carboxylic acids is 1.